The van der Waals surface area contributed by atoms with Gasteiger partial charge >= 0.3 is 29.6 Å². The van der Waals surface area contributed by atoms with Crippen molar-refractivity contribution in [1.82, 2.24) is 0 Å². The van der Waals surface area contributed by atoms with Crippen LogP contribution in [0.25, 0.3) is 0 Å². The molecule has 0 radical (unpaired) electrons. The molecule has 6 aliphatic rings. The van der Waals surface area contributed by atoms with E-state index in [1.54, 1.807) is 0 Å². The molecule has 6 saturated heterocycles. The second kappa shape index (κ2) is 15.6. The maximum atomic E-state index is 11.3. The Labute approximate surface area is 294 Å². The topological polar surface area (TPSA) is 332 Å². The van der Waals surface area contributed by atoms with Gasteiger partial charge in [0.1, 0.15) is 97.7 Å². The van der Waals surface area contributed by atoms with E-state index in [0.29, 0.717) is 0 Å². The van der Waals surface area contributed by atoms with Crippen LogP contribution in [0.1, 0.15) is 0 Å². The second-order valence-corrected chi connectivity index (χ2v) is 12.9. The summed E-state index contributed by atoms with van der Waals surface area (Å²) in [5.74, 6) is 0. The molecule has 0 amide bonds. The van der Waals surface area contributed by atoms with Gasteiger partial charge in [-0.3, -0.25) is 4.18 Å². The largest absolute Gasteiger partial charge is 1.00 e. The SMILES string of the molecule is O=S(=O)([O-])O[C@@H]1[C@H](O[C@H]2O[C@@H]3CO[C@H]([C@H]2O)[C@H]3O[C@@H]2O[C@H](CO)[C@H](O)[C@H](O[C@H]3O[C@@H]4CO[C@@H]([C@H]4O)[C@H]3O)[C@H]2O)[C@@H](O)C(O)O[C@@H]1CO.[Na+]. The summed E-state index contributed by atoms with van der Waals surface area (Å²) in [4.78, 5) is 0. The van der Waals surface area contributed by atoms with Gasteiger partial charge in [0.2, 0.25) is 10.4 Å². The molecule has 0 aromatic rings. The summed E-state index contributed by atoms with van der Waals surface area (Å²) in [6.07, 6.45) is -30.8. The zero-order valence-electron chi connectivity index (χ0n) is 25.1. The zero-order chi connectivity index (χ0) is 33.9. The first-order valence-electron chi connectivity index (χ1n) is 14.7. The van der Waals surface area contributed by atoms with E-state index in [9.17, 15) is 58.9 Å². The predicted molar refractivity (Wildman–Crippen MR) is 136 cm³/mol. The number of rotatable bonds is 10. The van der Waals surface area contributed by atoms with Gasteiger partial charge in [-0.1, -0.05) is 0 Å². The third-order valence-corrected chi connectivity index (χ3v) is 9.36. The van der Waals surface area contributed by atoms with Gasteiger partial charge < -0.3 is 93.1 Å². The number of hydrogen-bond donors (Lipinski definition) is 9. The molecule has 0 aromatic heterocycles. The van der Waals surface area contributed by atoms with Gasteiger partial charge in [-0.15, -0.1) is 0 Å². The predicted octanol–water partition coefficient (Wildman–Crippen LogP) is -11.2. The summed E-state index contributed by atoms with van der Waals surface area (Å²) in [5.41, 5.74) is 0. The van der Waals surface area contributed by atoms with Gasteiger partial charge in [-0.05, 0) is 0 Å². The Bertz CT molecular complexity index is 1190. The molecule has 272 valence electrons. The first-order valence-corrected chi connectivity index (χ1v) is 16.0. The molecule has 20 atom stereocenters. The Balaban J connectivity index is 0.00000451. The van der Waals surface area contributed by atoms with E-state index in [4.69, 9.17) is 42.6 Å². The summed E-state index contributed by atoms with van der Waals surface area (Å²) in [5, 5.41) is 93.6. The number of aliphatic hydroxyl groups excluding tert-OH is 9. The van der Waals surface area contributed by atoms with Gasteiger partial charge in [-0.2, -0.15) is 0 Å². The molecule has 0 spiro atoms. The monoisotopic (exact) mass is 732 g/mol. The van der Waals surface area contributed by atoms with Crippen LogP contribution in [0.4, 0.5) is 0 Å². The van der Waals surface area contributed by atoms with Crippen molar-refractivity contribution < 1.29 is 135 Å². The quantitative estimate of drug-likeness (QED) is 0.0572. The van der Waals surface area contributed by atoms with Crippen molar-refractivity contribution in [2.75, 3.05) is 26.4 Å². The fraction of sp³-hybridized carbons (Fsp3) is 1.00. The van der Waals surface area contributed by atoms with Crippen LogP contribution in [0.3, 0.4) is 0 Å². The minimum Gasteiger partial charge on any atom is -0.726 e. The molecule has 0 aliphatic carbocycles. The Kier molecular flexibility index (Phi) is 12.8. The van der Waals surface area contributed by atoms with Crippen molar-refractivity contribution in [2.45, 2.75) is 123 Å². The van der Waals surface area contributed by atoms with Gasteiger partial charge in [0.15, 0.2) is 25.2 Å². The summed E-state index contributed by atoms with van der Waals surface area (Å²) in [6.45, 7) is -2.01. The number of hydrogen-bond acceptors (Lipinski definition) is 22. The van der Waals surface area contributed by atoms with Gasteiger partial charge in [0.05, 0.1) is 26.4 Å². The minimum atomic E-state index is -5.45. The maximum absolute atomic E-state index is 11.3. The molecule has 9 N–H and O–H groups in total. The maximum Gasteiger partial charge on any atom is 1.00 e. The average molecular weight is 733 g/mol. The van der Waals surface area contributed by atoms with Crippen molar-refractivity contribution in [3.63, 3.8) is 0 Å². The first-order chi connectivity index (χ1) is 22.2. The van der Waals surface area contributed by atoms with E-state index in [2.05, 4.69) is 4.18 Å². The molecule has 48 heavy (non-hydrogen) atoms. The van der Waals surface area contributed by atoms with Crippen LogP contribution in [0.15, 0.2) is 0 Å². The number of fused-ring (bicyclic) bond motifs is 4. The zero-order valence-corrected chi connectivity index (χ0v) is 27.9. The molecule has 4 bridgehead atoms. The van der Waals surface area contributed by atoms with E-state index < -0.39 is 146 Å². The Morgan fingerprint density at radius 3 is 1.77 bits per heavy atom. The molecule has 6 rings (SSSR count). The second-order valence-electron chi connectivity index (χ2n) is 11.9. The molecule has 0 aromatic carbocycles. The van der Waals surface area contributed by atoms with E-state index >= 15 is 0 Å². The fourth-order valence-corrected chi connectivity index (χ4v) is 7.02. The van der Waals surface area contributed by atoms with E-state index in [-0.39, 0.29) is 42.8 Å². The molecule has 1 unspecified atom stereocenters. The van der Waals surface area contributed by atoms with Gasteiger partial charge in [0.25, 0.3) is 0 Å². The normalized spacial score (nSPS) is 52.2. The Morgan fingerprint density at radius 2 is 1.12 bits per heavy atom. The smallest absolute Gasteiger partial charge is 0.726 e. The Morgan fingerprint density at radius 1 is 0.583 bits per heavy atom. The Hall–Kier alpha value is 0.150. The fourth-order valence-electron chi connectivity index (χ4n) is 6.51. The number of aliphatic hydroxyl groups is 9. The van der Waals surface area contributed by atoms with Crippen LogP contribution in [-0.4, -0.2) is 208 Å². The summed E-state index contributed by atoms with van der Waals surface area (Å²) >= 11 is 0. The standard InChI is InChI=1S/C24H38O22S.Na/c25-1-5-9(27)18(44-22-12(30)17-10(28)7(41-22)3-37-17)13(31)23(40-5)43-15-8-4-38-19(15)14(32)24(42-8)45-20-11(29)21(33)39-6(2-26)16(20)46-47(34,35)36;/h5-33H,1-4H2,(H,34,35,36);/q;+1/p-1/t5-,6-,7-,8-,9+,10+,11-,12-,13-,14-,15+,16+,17+,18+,19-,20-,21?,22-,23+,24-;/m1./s1. The van der Waals surface area contributed by atoms with Crippen molar-refractivity contribution in [2.24, 2.45) is 0 Å². The van der Waals surface area contributed by atoms with Crippen LogP contribution in [0, 0.1) is 0 Å². The van der Waals surface area contributed by atoms with Crippen LogP contribution in [0.5, 0.6) is 0 Å². The molecular weight excluding hydrogens is 695 g/mol. The van der Waals surface area contributed by atoms with Crippen LogP contribution >= 0.6 is 0 Å². The van der Waals surface area contributed by atoms with Gasteiger partial charge in [-0.25, -0.2) is 8.42 Å². The average Bonchev–Trinajstić information content (AvgIpc) is 3.48. The minimum absolute atomic E-state index is 0. The molecule has 6 fully saturated rings. The third kappa shape index (κ3) is 7.61. The van der Waals surface area contributed by atoms with Crippen molar-refractivity contribution in [3.8, 4) is 0 Å². The van der Waals surface area contributed by atoms with Crippen molar-refractivity contribution in [1.29, 1.82) is 0 Å². The van der Waals surface area contributed by atoms with Crippen LogP contribution in [-0.2, 0) is 57.2 Å². The first kappa shape index (κ1) is 39.4. The van der Waals surface area contributed by atoms with Crippen molar-refractivity contribution in [3.05, 3.63) is 0 Å². The molecule has 22 nitrogen and oxygen atoms in total. The molecular formula is C24H37NaO22S. The number of ether oxygens (including phenoxy) is 9. The van der Waals surface area contributed by atoms with E-state index in [1.165, 1.54) is 0 Å². The van der Waals surface area contributed by atoms with Crippen LogP contribution < -0.4 is 29.6 Å². The molecule has 0 saturated carbocycles. The molecule has 6 heterocycles. The molecule has 6 aliphatic heterocycles. The van der Waals surface area contributed by atoms with Crippen molar-refractivity contribution >= 4 is 10.4 Å². The summed E-state index contributed by atoms with van der Waals surface area (Å²) in [7, 11) is -5.45. The van der Waals surface area contributed by atoms with Crippen LogP contribution in [0.2, 0.25) is 0 Å². The summed E-state index contributed by atoms with van der Waals surface area (Å²) < 4.78 is 88.3. The third-order valence-electron chi connectivity index (χ3n) is 8.90. The molecule has 24 heteroatoms. The van der Waals surface area contributed by atoms with E-state index in [0.717, 1.165) is 0 Å². The van der Waals surface area contributed by atoms with E-state index in [1.807, 2.05) is 0 Å². The van der Waals surface area contributed by atoms with Gasteiger partial charge in [0, 0.05) is 0 Å². The summed E-state index contributed by atoms with van der Waals surface area (Å²) in [6, 6.07) is 0.